The van der Waals surface area contributed by atoms with Crippen molar-refractivity contribution in [2.45, 2.75) is 41.6 Å². The molecule has 1 atom stereocenters. The first kappa shape index (κ1) is 15.7. The summed E-state index contributed by atoms with van der Waals surface area (Å²) in [5.74, 6) is 2.08. The minimum absolute atomic E-state index is 0.0437. The lowest BCUT2D eigenvalue weighted by molar-refractivity contribution is -0.141. The van der Waals surface area contributed by atoms with E-state index >= 15 is 0 Å². The van der Waals surface area contributed by atoms with Gasteiger partial charge in [0.2, 0.25) is 3.79 Å². The summed E-state index contributed by atoms with van der Waals surface area (Å²) in [6, 6.07) is 0. The fourth-order valence-corrected chi connectivity index (χ4v) is 6.66. The SMILES string of the molecule is CC(=O)OCCC([SH]1CCCCC1)C(Cl)(Cl)Cl. The van der Waals surface area contributed by atoms with Crippen LogP contribution in [-0.4, -0.2) is 33.1 Å². The molecule has 2 nitrogen and oxygen atoms in total. The van der Waals surface area contributed by atoms with Crippen molar-refractivity contribution in [3.05, 3.63) is 0 Å². The Morgan fingerprint density at radius 1 is 1.29 bits per heavy atom. The van der Waals surface area contributed by atoms with Gasteiger partial charge in [-0.2, -0.15) is 0 Å². The van der Waals surface area contributed by atoms with Gasteiger partial charge in [0.15, 0.2) is 0 Å². The van der Waals surface area contributed by atoms with Crippen molar-refractivity contribution in [1.29, 1.82) is 0 Å². The van der Waals surface area contributed by atoms with E-state index in [1.165, 1.54) is 37.7 Å². The molecule has 0 spiro atoms. The Morgan fingerprint density at radius 3 is 2.35 bits per heavy atom. The molecule has 1 aliphatic rings. The van der Waals surface area contributed by atoms with Crippen LogP contribution in [0.15, 0.2) is 0 Å². The van der Waals surface area contributed by atoms with Gasteiger partial charge in [0, 0.05) is 12.2 Å². The van der Waals surface area contributed by atoms with Gasteiger partial charge in [-0.05, 0) is 30.8 Å². The topological polar surface area (TPSA) is 26.3 Å². The fraction of sp³-hybridized carbons (Fsp3) is 0.909. The molecule has 6 heteroatoms. The van der Waals surface area contributed by atoms with Crippen LogP contribution in [0.2, 0.25) is 0 Å². The second kappa shape index (κ2) is 7.32. The molecule has 1 rings (SSSR count). The molecular formula is C11H19Cl3O2S. The lowest BCUT2D eigenvalue weighted by Crippen LogP contribution is -2.30. The zero-order chi connectivity index (χ0) is 12.9. The van der Waals surface area contributed by atoms with Gasteiger partial charge >= 0.3 is 5.97 Å². The third kappa shape index (κ3) is 5.91. The molecular weight excluding hydrogens is 303 g/mol. The molecule has 0 saturated carbocycles. The number of hydrogen-bond donors (Lipinski definition) is 1. The second-order valence-electron chi connectivity index (χ2n) is 4.28. The van der Waals surface area contributed by atoms with E-state index in [9.17, 15) is 4.79 Å². The minimum atomic E-state index is -1.23. The molecule has 0 aromatic carbocycles. The van der Waals surface area contributed by atoms with Crippen molar-refractivity contribution in [3.8, 4) is 0 Å². The van der Waals surface area contributed by atoms with Gasteiger partial charge in [-0.3, -0.25) is 4.79 Å². The summed E-state index contributed by atoms with van der Waals surface area (Å²) in [5.41, 5.74) is 0. The summed E-state index contributed by atoms with van der Waals surface area (Å²) in [5, 5.41) is 0.0437. The number of halogens is 3. The van der Waals surface area contributed by atoms with Gasteiger partial charge in [-0.25, -0.2) is 10.9 Å². The van der Waals surface area contributed by atoms with Crippen molar-refractivity contribution in [3.63, 3.8) is 0 Å². The first-order valence-electron chi connectivity index (χ1n) is 5.85. The van der Waals surface area contributed by atoms with E-state index in [4.69, 9.17) is 39.5 Å². The molecule has 1 heterocycles. The summed E-state index contributed by atoms with van der Waals surface area (Å²) >= 11 is 18.2. The average Bonchev–Trinajstić information content (AvgIpc) is 2.23. The van der Waals surface area contributed by atoms with Gasteiger partial charge in [0.25, 0.3) is 0 Å². The number of rotatable bonds is 4. The maximum absolute atomic E-state index is 10.7. The number of esters is 1. The van der Waals surface area contributed by atoms with Gasteiger partial charge in [0.05, 0.1) is 6.61 Å². The van der Waals surface area contributed by atoms with E-state index in [0.717, 1.165) is 0 Å². The summed E-state index contributed by atoms with van der Waals surface area (Å²) in [4.78, 5) is 10.7. The maximum atomic E-state index is 10.7. The molecule has 0 aromatic heterocycles. The molecule has 1 fully saturated rings. The van der Waals surface area contributed by atoms with Crippen molar-refractivity contribution >= 4 is 51.7 Å². The van der Waals surface area contributed by atoms with Gasteiger partial charge in [-0.1, -0.05) is 41.2 Å². The van der Waals surface area contributed by atoms with Crippen molar-refractivity contribution in [2.75, 3.05) is 18.1 Å². The zero-order valence-corrected chi connectivity index (χ0v) is 13.1. The Bertz CT molecular complexity index is 250. The summed E-state index contributed by atoms with van der Waals surface area (Å²) in [6.07, 6.45) is 4.41. The average molecular weight is 322 g/mol. The molecule has 102 valence electrons. The van der Waals surface area contributed by atoms with Crippen molar-refractivity contribution in [2.24, 2.45) is 0 Å². The van der Waals surface area contributed by atoms with Crippen LogP contribution in [0.4, 0.5) is 0 Å². The predicted molar refractivity (Wildman–Crippen MR) is 77.9 cm³/mol. The highest BCUT2D eigenvalue weighted by molar-refractivity contribution is 8.17. The van der Waals surface area contributed by atoms with Crippen molar-refractivity contribution < 1.29 is 9.53 Å². The van der Waals surface area contributed by atoms with E-state index in [1.54, 1.807) is 0 Å². The molecule has 0 radical (unpaired) electrons. The fourth-order valence-electron chi connectivity index (χ4n) is 2.10. The first-order chi connectivity index (χ1) is 7.91. The summed E-state index contributed by atoms with van der Waals surface area (Å²) in [6.45, 7) is 1.75. The minimum Gasteiger partial charge on any atom is -0.466 e. The van der Waals surface area contributed by atoms with E-state index in [1.807, 2.05) is 0 Å². The van der Waals surface area contributed by atoms with Gasteiger partial charge in [0.1, 0.15) is 0 Å². The molecule has 0 N–H and O–H groups in total. The standard InChI is InChI=1S/C11H19Cl3O2S/c1-9(15)16-6-5-10(11(12,13)14)17-7-3-2-4-8-17/h10,17H,2-8H2,1H3. The largest absolute Gasteiger partial charge is 0.466 e. The number of carbonyl (C=O) groups is 1. The van der Waals surface area contributed by atoms with Crippen LogP contribution in [0, 0.1) is 0 Å². The van der Waals surface area contributed by atoms with E-state index in [0.29, 0.717) is 13.0 Å². The normalized spacial score (nSPS) is 21.1. The van der Waals surface area contributed by atoms with Crippen LogP contribution in [-0.2, 0) is 9.53 Å². The third-order valence-electron chi connectivity index (χ3n) is 2.91. The molecule has 1 aliphatic heterocycles. The molecule has 0 aliphatic carbocycles. The second-order valence-corrected chi connectivity index (χ2v) is 9.35. The third-order valence-corrected chi connectivity index (χ3v) is 7.46. The maximum Gasteiger partial charge on any atom is 0.302 e. The smallest absolute Gasteiger partial charge is 0.302 e. The molecule has 0 bridgehead atoms. The van der Waals surface area contributed by atoms with Crippen LogP contribution >= 0.6 is 45.7 Å². The van der Waals surface area contributed by atoms with Crippen LogP contribution in [0.1, 0.15) is 32.6 Å². The lowest BCUT2D eigenvalue weighted by Gasteiger charge is -2.38. The molecule has 0 amide bonds. The Labute approximate surface area is 121 Å². The molecule has 1 saturated heterocycles. The Balaban J connectivity index is 2.50. The monoisotopic (exact) mass is 320 g/mol. The quantitative estimate of drug-likeness (QED) is 0.483. The van der Waals surface area contributed by atoms with E-state index in [-0.39, 0.29) is 22.1 Å². The van der Waals surface area contributed by atoms with Crippen LogP contribution < -0.4 is 0 Å². The first-order valence-corrected chi connectivity index (χ1v) is 8.77. The molecule has 1 unspecified atom stereocenters. The van der Waals surface area contributed by atoms with E-state index in [2.05, 4.69) is 0 Å². The number of hydrogen-bond acceptors (Lipinski definition) is 2. The molecule has 0 aromatic rings. The zero-order valence-electron chi connectivity index (χ0n) is 9.92. The van der Waals surface area contributed by atoms with E-state index < -0.39 is 3.79 Å². The summed E-state index contributed by atoms with van der Waals surface area (Å²) in [7, 11) is -0.241. The Morgan fingerprint density at radius 2 is 1.88 bits per heavy atom. The van der Waals surface area contributed by atoms with Crippen LogP contribution in [0.5, 0.6) is 0 Å². The van der Waals surface area contributed by atoms with Gasteiger partial charge < -0.3 is 4.74 Å². The highest BCUT2D eigenvalue weighted by Gasteiger charge is 2.36. The van der Waals surface area contributed by atoms with Crippen molar-refractivity contribution in [1.82, 2.24) is 0 Å². The number of ether oxygens (including phenoxy) is 1. The molecule has 17 heavy (non-hydrogen) atoms. The number of thiol groups is 1. The van der Waals surface area contributed by atoms with Crippen LogP contribution in [0.25, 0.3) is 0 Å². The Kier molecular flexibility index (Phi) is 6.78. The lowest BCUT2D eigenvalue weighted by atomic mass is 10.3. The number of carbonyl (C=O) groups excluding carboxylic acids is 1. The highest BCUT2D eigenvalue weighted by atomic mass is 35.6. The van der Waals surface area contributed by atoms with Crippen LogP contribution in [0.3, 0.4) is 0 Å². The summed E-state index contributed by atoms with van der Waals surface area (Å²) < 4.78 is 3.72. The van der Waals surface area contributed by atoms with Gasteiger partial charge in [-0.15, -0.1) is 0 Å². The highest BCUT2D eigenvalue weighted by Crippen LogP contribution is 2.49. The number of alkyl halides is 3. The predicted octanol–water partition coefficient (Wildman–Crippen LogP) is 3.86. The Hall–Kier alpha value is 0.690.